The highest BCUT2D eigenvalue weighted by Gasteiger charge is 2.23. The lowest BCUT2D eigenvalue weighted by Gasteiger charge is -2.27. The van der Waals surface area contributed by atoms with E-state index in [2.05, 4.69) is 31.2 Å². The minimum Gasteiger partial charge on any atom is -0.481 e. The number of nitrogens with zero attached hydrogens (tertiary/aromatic N) is 1. The van der Waals surface area contributed by atoms with Gasteiger partial charge in [0.2, 0.25) is 5.95 Å². The number of anilines is 4. The molecule has 1 unspecified atom stereocenters. The highest BCUT2D eigenvalue weighted by Crippen LogP contribution is 2.20. The zero-order valence-corrected chi connectivity index (χ0v) is 18.3. The smallest absolute Gasteiger partial charge is 0.326 e. The number of hydrogen-bond acceptors (Lipinski definition) is 11. The first-order chi connectivity index (χ1) is 15.2. The number of amides is 1. The Bertz CT molecular complexity index is 1070. The van der Waals surface area contributed by atoms with E-state index in [1.165, 1.54) is 12.1 Å². The summed E-state index contributed by atoms with van der Waals surface area (Å²) >= 11 is 0. The third-order valence-electron chi connectivity index (χ3n) is 4.75. The summed E-state index contributed by atoms with van der Waals surface area (Å²) in [6.07, 6.45) is -0.587. The second-order valence-electron chi connectivity index (χ2n) is 7.15. The van der Waals surface area contributed by atoms with Crippen LogP contribution in [0.3, 0.4) is 0 Å². The van der Waals surface area contributed by atoms with Crippen LogP contribution in [0.5, 0.6) is 0 Å². The van der Waals surface area contributed by atoms with E-state index in [1.54, 1.807) is 12.1 Å². The number of benzene rings is 1. The second-order valence-corrected chi connectivity index (χ2v) is 7.15. The molecule has 0 saturated heterocycles. The monoisotopic (exact) mass is 479 g/mol. The molecule has 0 aliphatic carbocycles. The fourth-order valence-corrected chi connectivity index (χ4v) is 3.10. The molecule has 0 spiro atoms. The van der Waals surface area contributed by atoms with Crippen LogP contribution in [0.2, 0.25) is 0 Å². The zero-order chi connectivity index (χ0) is 23.3. The van der Waals surface area contributed by atoms with Crippen molar-refractivity contribution in [3.8, 4) is 0 Å². The number of nitrogen functional groups attached to an aromatic ring is 1. The summed E-state index contributed by atoms with van der Waals surface area (Å²) in [5.74, 6) is -2.64. The van der Waals surface area contributed by atoms with Crippen molar-refractivity contribution >= 4 is 41.0 Å². The van der Waals surface area contributed by atoms with Gasteiger partial charge in [-0.25, -0.2) is 4.79 Å². The van der Waals surface area contributed by atoms with Gasteiger partial charge in [0.25, 0.3) is 11.5 Å². The Morgan fingerprint density at radius 2 is 1.85 bits per heavy atom. The molecule has 1 aliphatic rings. The van der Waals surface area contributed by atoms with E-state index in [1.807, 2.05) is 0 Å². The van der Waals surface area contributed by atoms with Crippen LogP contribution in [-0.4, -0.2) is 63.2 Å². The number of carboxylic acid groups (broad SMARTS) is 2. The quantitative estimate of drug-likeness (QED) is 0.227. The lowest BCUT2D eigenvalue weighted by Crippen LogP contribution is -2.41. The number of rotatable bonds is 9. The Hall–Kier alpha value is -4.37. The number of nitrogens with two attached hydrogens (primary N) is 1. The minimum absolute atomic E-state index is 0. The molecule has 186 valence electrons. The van der Waals surface area contributed by atoms with Crippen LogP contribution in [-0.2, 0) is 9.59 Å². The zero-order valence-electron chi connectivity index (χ0n) is 18.3. The van der Waals surface area contributed by atoms with E-state index in [9.17, 15) is 19.2 Å². The van der Waals surface area contributed by atoms with E-state index < -0.39 is 23.9 Å². The number of aliphatic carboxylic acids is 2. The Kier molecular flexibility index (Phi) is 9.79. The Morgan fingerprint density at radius 3 is 2.47 bits per heavy atom. The molecule has 1 aromatic heterocycles. The average molecular weight is 479 g/mol. The van der Waals surface area contributed by atoms with Gasteiger partial charge in [-0.15, -0.1) is 0 Å². The van der Waals surface area contributed by atoms with Crippen molar-refractivity contribution in [2.75, 3.05) is 34.8 Å². The first-order valence-electron chi connectivity index (χ1n) is 9.72. The average Bonchev–Trinajstić information content (AvgIpc) is 2.75. The molecule has 1 amide bonds. The molecule has 34 heavy (non-hydrogen) atoms. The van der Waals surface area contributed by atoms with Crippen molar-refractivity contribution in [2.45, 2.75) is 24.9 Å². The van der Waals surface area contributed by atoms with Crippen molar-refractivity contribution in [3.05, 3.63) is 40.2 Å². The summed E-state index contributed by atoms with van der Waals surface area (Å²) in [6.45, 7) is 0.960. The predicted molar refractivity (Wildman–Crippen MR) is 126 cm³/mol. The molecule has 15 N–H and O–H groups in total. The minimum atomic E-state index is -1.30. The molecule has 2 atom stereocenters. The summed E-state index contributed by atoms with van der Waals surface area (Å²) in [4.78, 5) is 52.6. The van der Waals surface area contributed by atoms with E-state index >= 15 is 0 Å². The molecule has 2 aromatic rings. The van der Waals surface area contributed by atoms with Crippen molar-refractivity contribution in [1.82, 2.24) is 27.6 Å². The number of nitrogens with one attached hydrogen (secondary N) is 5. The molecule has 0 radical (unpaired) electrons. The van der Waals surface area contributed by atoms with Crippen molar-refractivity contribution in [1.29, 1.82) is 0 Å². The maximum Gasteiger partial charge on any atom is 0.326 e. The largest absolute Gasteiger partial charge is 0.481 e. The molecule has 0 saturated carbocycles. The number of carbonyl (C=O) groups is 3. The van der Waals surface area contributed by atoms with Crippen LogP contribution < -0.4 is 44.9 Å². The summed E-state index contributed by atoms with van der Waals surface area (Å²) in [5, 5.41) is 29.5. The summed E-state index contributed by atoms with van der Waals surface area (Å²) < 4.78 is 0. The van der Waals surface area contributed by atoms with Crippen molar-refractivity contribution in [2.24, 2.45) is 0 Å². The molecule has 1 aliphatic heterocycles. The molecule has 1 aromatic carbocycles. The Balaban J connectivity index is 0.00000289. The van der Waals surface area contributed by atoms with E-state index in [-0.39, 0.29) is 48.3 Å². The topological polar surface area (TPSA) is 282 Å². The highest BCUT2D eigenvalue weighted by atomic mass is 16.4. The maximum absolute atomic E-state index is 12.3. The molecule has 2 heterocycles. The lowest BCUT2D eigenvalue weighted by atomic mass is 10.1. The van der Waals surface area contributed by atoms with Crippen LogP contribution >= 0.6 is 0 Å². The highest BCUT2D eigenvalue weighted by molar-refractivity contribution is 5.96. The first-order valence-corrected chi connectivity index (χ1v) is 9.72. The third kappa shape index (κ3) is 7.07. The van der Waals surface area contributed by atoms with Crippen LogP contribution in [0.4, 0.5) is 23.1 Å². The fraction of sp³-hybridized carbons (Fsp3) is 0.316. The SMILES string of the molecule is N.N.Nc1nc2c(c(=O)[nH]1)NC(CNc1ccc(C(=O)N[C@@H](CCC(=O)O)C(=O)O)cc1)CN2. The third-order valence-corrected chi connectivity index (χ3v) is 4.75. The fourth-order valence-electron chi connectivity index (χ4n) is 3.10. The van der Waals surface area contributed by atoms with Crippen molar-refractivity contribution in [3.63, 3.8) is 0 Å². The van der Waals surface area contributed by atoms with Gasteiger partial charge in [0.05, 0.1) is 6.04 Å². The van der Waals surface area contributed by atoms with Crippen LogP contribution in [0, 0.1) is 0 Å². The normalized spacial score (nSPS) is 14.5. The second kappa shape index (κ2) is 12.0. The van der Waals surface area contributed by atoms with Crippen molar-refractivity contribution < 1.29 is 24.6 Å². The summed E-state index contributed by atoms with van der Waals surface area (Å²) in [7, 11) is 0. The molecule has 0 bridgehead atoms. The number of aromatic amines is 1. The Morgan fingerprint density at radius 1 is 1.18 bits per heavy atom. The van der Waals surface area contributed by atoms with Gasteiger partial charge >= 0.3 is 11.9 Å². The van der Waals surface area contributed by atoms with Gasteiger partial charge in [-0.1, -0.05) is 0 Å². The van der Waals surface area contributed by atoms with E-state index in [0.717, 1.165) is 0 Å². The predicted octanol–water partition coefficient (Wildman–Crippen LogP) is 0.0420. The number of H-pyrrole nitrogens is 1. The van der Waals surface area contributed by atoms with Gasteiger partial charge < -0.3 is 49.5 Å². The number of aromatic nitrogens is 2. The standard InChI is InChI=1S/C19H23N7O6.2H3N/c20-19-25-15-14(17(30)26-19)23-11(8-22-15)7-21-10-3-1-9(2-4-10)16(29)24-12(18(31)32)5-6-13(27)28;;/h1-4,11-12,21,23H,5-8H2,(H,24,29)(H,27,28)(H,31,32)(H4,20,22,25,26,30);2*1H3/t11?,12-;;/m0../s1. The van der Waals surface area contributed by atoms with Gasteiger partial charge in [0.1, 0.15) is 11.7 Å². The van der Waals surface area contributed by atoms with Gasteiger partial charge in [-0.3, -0.25) is 19.4 Å². The molecule has 3 rings (SSSR count). The maximum atomic E-state index is 12.3. The Labute approximate surface area is 193 Å². The van der Waals surface area contributed by atoms with E-state index in [4.69, 9.17) is 15.9 Å². The number of fused-ring (bicyclic) bond motifs is 1. The summed E-state index contributed by atoms with van der Waals surface area (Å²) in [5.41, 5.74) is 6.40. The van der Waals surface area contributed by atoms with Gasteiger partial charge in [0, 0.05) is 30.8 Å². The van der Waals surface area contributed by atoms with Crippen LogP contribution in [0.25, 0.3) is 0 Å². The molecule has 15 heteroatoms. The first kappa shape index (κ1) is 27.7. The van der Waals surface area contributed by atoms with E-state index in [0.29, 0.717) is 30.3 Å². The molecule has 15 nitrogen and oxygen atoms in total. The van der Waals surface area contributed by atoms with Crippen LogP contribution in [0.15, 0.2) is 29.1 Å². The summed E-state index contributed by atoms with van der Waals surface area (Å²) in [6, 6.07) is 4.93. The van der Waals surface area contributed by atoms with Gasteiger partial charge in [0.15, 0.2) is 5.82 Å². The number of carboxylic acids is 2. The molecule has 0 fully saturated rings. The van der Waals surface area contributed by atoms with Gasteiger partial charge in [-0.2, -0.15) is 4.98 Å². The lowest BCUT2D eigenvalue weighted by molar-refractivity contribution is -0.140. The number of carbonyl (C=O) groups excluding carboxylic acids is 1. The molecular weight excluding hydrogens is 450 g/mol. The van der Waals surface area contributed by atoms with Crippen LogP contribution in [0.1, 0.15) is 23.2 Å². The molecular formula is C19H29N9O6. The van der Waals surface area contributed by atoms with Gasteiger partial charge in [-0.05, 0) is 30.7 Å². The number of hydrogen-bond donors (Lipinski definition) is 10.